The number of carbonyl (C=O) groups excluding carboxylic acids is 1. The van der Waals surface area contributed by atoms with E-state index in [1.807, 2.05) is 0 Å². The summed E-state index contributed by atoms with van der Waals surface area (Å²) in [5.41, 5.74) is -0.164. The van der Waals surface area contributed by atoms with Gasteiger partial charge in [0.25, 0.3) is 5.91 Å². The van der Waals surface area contributed by atoms with Crippen LogP contribution in [-0.4, -0.2) is 69.0 Å². The second-order valence-electron chi connectivity index (χ2n) is 5.71. The van der Waals surface area contributed by atoms with E-state index in [0.717, 1.165) is 25.9 Å². The number of aromatic carboxylic acids is 1. The Morgan fingerprint density at radius 3 is 2.57 bits per heavy atom. The minimum Gasteiger partial charge on any atom is -0.477 e. The summed E-state index contributed by atoms with van der Waals surface area (Å²) in [5, 5.41) is 9.04. The Bertz CT molecular complexity index is 518. The number of likely N-dealkylation sites (tertiary alicyclic amines) is 1. The predicted molar refractivity (Wildman–Crippen MR) is 77.4 cm³/mol. The number of imidazole rings is 1. The number of carbonyl (C=O) groups is 2. The fourth-order valence-corrected chi connectivity index (χ4v) is 2.74. The maximum absolute atomic E-state index is 12.4. The van der Waals surface area contributed by atoms with E-state index in [2.05, 4.69) is 28.7 Å². The average Bonchev–Trinajstić information content (AvgIpc) is 2.95. The summed E-state index contributed by atoms with van der Waals surface area (Å²) in [6.45, 7) is 6.23. The van der Waals surface area contributed by atoms with Crippen molar-refractivity contribution in [3.8, 4) is 0 Å². The Morgan fingerprint density at radius 2 is 2.05 bits per heavy atom. The van der Waals surface area contributed by atoms with Crippen molar-refractivity contribution in [1.29, 1.82) is 0 Å². The molecule has 2 rings (SSSR count). The van der Waals surface area contributed by atoms with E-state index in [0.29, 0.717) is 6.04 Å². The molecule has 7 nitrogen and oxygen atoms in total. The molecular weight excluding hydrogens is 272 g/mol. The lowest BCUT2D eigenvalue weighted by Gasteiger charge is -2.38. The van der Waals surface area contributed by atoms with Gasteiger partial charge in [-0.2, -0.15) is 0 Å². The van der Waals surface area contributed by atoms with Crippen molar-refractivity contribution in [2.45, 2.75) is 38.8 Å². The molecule has 1 aromatic heterocycles. The first-order valence-corrected chi connectivity index (χ1v) is 7.19. The summed E-state index contributed by atoms with van der Waals surface area (Å²) >= 11 is 0. The van der Waals surface area contributed by atoms with E-state index in [-0.39, 0.29) is 23.3 Å². The Kier molecular flexibility index (Phi) is 4.62. The van der Waals surface area contributed by atoms with Crippen LogP contribution in [0.2, 0.25) is 0 Å². The van der Waals surface area contributed by atoms with Crippen LogP contribution in [0.1, 0.15) is 47.7 Å². The Balaban J connectivity index is 2.03. The van der Waals surface area contributed by atoms with Crippen molar-refractivity contribution in [3.63, 3.8) is 0 Å². The molecule has 0 unspecified atom stereocenters. The van der Waals surface area contributed by atoms with Crippen molar-refractivity contribution in [1.82, 2.24) is 19.8 Å². The third-order valence-corrected chi connectivity index (χ3v) is 4.15. The molecule has 0 aromatic carbocycles. The van der Waals surface area contributed by atoms with Crippen molar-refractivity contribution in [3.05, 3.63) is 17.7 Å². The smallest absolute Gasteiger partial charge is 0.354 e. The number of carboxylic acid groups (broad SMARTS) is 1. The highest BCUT2D eigenvalue weighted by molar-refractivity contribution is 6.02. The second kappa shape index (κ2) is 6.26. The van der Waals surface area contributed by atoms with Crippen LogP contribution in [0.25, 0.3) is 0 Å². The van der Waals surface area contributed by atoms with Crippen LogP contribution in [0, 0.1) is 0 Å². The van der Waals surface area contributed by atoms with Crippen LogP contribution in [0.15, 0.2) is 6.33 Å². The molecule has 2 N–H and O–H groups in total. The number of hydrogen-bond donors (Lipinski definition) is 2. The van der Waals surface area contributed by atoms with Crippen molar-refractivity contribution < 1.29 is 14.7 Å². The summed E-state index contributed by atoms with van der Waals surface area (Å²) < 4.78 is 0. The molecule has 0 aliphatic carbocycles. The fraction of sp³-hybridized carbons (Fsp3) is 0.643. The number of hydrogen-bond acceptors (Lipinski definition) is 4. The van der Waals surface area contributed by atoms with E-state index >= 15 is 0 Å². The Morgan fingerprint density at radius 1 is 1.43 bits per heavy atom. The van der Waals surface area contributed by atoms with Crippen LogP contribution in [0.4, 0.5) is 0 Å². The van der Waals surface area contributed by atoms with Crippen LogP contribution in [0.5, 0.6) is 0 Å². The summed E-state index contributed by atoms with van der Waals surface area (Å²) in [6, 6.07) is 0.641. The molecule has 7 heteroatoms. The molecule has 0 atom stereocenters. The molecule has 1 aliphatic heterocycles. The first kappa shape index (κ1) is 15.5. The number of nitrogens with zero attached hydrogens (tertiary/aromatic N) is 3. The molecule has 1 amide bonds. The van der Waals surface area contributed by atoms with Gasteiger partial charge < -0.3 is 19.9 Å². The molecule has 0 spiro atoms. The number of piperidine rings is 1. The van der Waals surface area contributed by atoms with E-state index in [4.69, 9.17) is 5.11 Å². The summed E-state index contributed by atoms with van der Waals surface area (Å²) in [6.07, 6.45) is 3.03. The molecule has 116 valence electrons. The minimum atomic E-state index is -1.17. The molecule has 1 aromatic rings. The number of carboxylic acids is 1. The number of rotatable bonds is 4. The zero-order valence-corrected chi connectivity index (χ0v) is 12.7. The van der Waals surface area contributed by atoms with E-state index in [9.17, 15) is 9.59 Å². The van der Waals surface area contributed by atoms with Crippen LogP contribution < -0.4 is 0 Å². The highest BCUT2D eigenvalue weighted by Crippen LogP contribution is 2.19. The summed E-state index contributed by atoms with van der Waals surface area (Å²) in [4.78, 5) is 33.8. The monoisotopic (exact) mass is 294 g/mol. The SMILES string of the molecule is CC(C)N1CCC(N(C)C(=O)c2nc[nH]c2C(=O)O)CC1. The lowest BCUT2D eigenvalue weighted by atomic mass is 10.0. The van der Waals surface area contributed by atoms with E-state index < -0.39 is 5.97 Å². The third-order valence-electron chi connectivity index (χ3n) is 4.15. The molecule has 1 aliphatic rings. The van der Waals surface area contributed by atoms with Crippen molar-refractivity contribution >= 4 is 11.9 Å². The lowest BCUT2D eigenvalue weighted by molar-refractivity contribution is 0.0592. The van der Waals surface area contributed by atoms with Gasteiger partial charge in [0.2, 0.25) is 0 Å². The molecule has 21 heavy (non-hydrogen) atoms. The molecule has 1 saturated heterocycles. The minimum absolute atomic E-state index is 0.0173. The first-order chi connectivity index (χ1) is 9.91. The number of nitrogens with one attached hydrogen (secondary N) is 1. The largest absolute Gasteiger partial charge is 0.477 e. The molecule has 0 saturated carbocycles. The zero-order valence-electron chi connectivity index (χ0n) is 12.7. The van der Waals surface area contributed by atoms with Gasteiger partial charge in [0, 0.05) is 32.2 Å². The van der Waals surface area contributed by atoms with Crippen LogP contribution >= 0.6 is 0 Å². The molecule has 2 heterocycles. The van der Waals surface area contributed by atoms with Gasteiger partial charge in [-0.05, 0) is 26.7 Å². The van der Waals surface area contributed by atoms with Gasteiger partial charge in [-0.15, -0.1) is 0 Å². The highest BCUT2D eigenvalue weighted by atomic mass is 16.4. The maximum Gasteiger partial charge on any atom is 0.354 e. The van der Waals surface area contributed by atoms with Gasteiger partial charge >= 0.3 is 5.97 Å². The summed E-state index contributed by atoms with van der Waals surface area (Å²) in [5.74, 6) is -1.50. The van der Waals surface area contributed by atoms with E-state index in [1.165, 1.54) is 6.33 Å². The molecular formula is C14H22N4O3. The summed E-state index contributed by atoms with van der Waals surface area (Å²) in [7, 11) is 1.72. The standard InChI is InChI=1S/C14H22N4O3/c1-9(2)18-6-4-10(5-7-18)17(3)13(19)11-12(14(20)21)16-8-15-11/h8-10H,4-7H2,1-3H3,(H,15,16)(H,20,21). The fourth-order valence-electron chi connectivity index (χ4n) is 2.74. The van der Waals surface area contributed by atoms with Gasteiger partial charge in [0.1, 0.15) is 0 Å². The quantitative estimate of drug-likeness (QED) is 0.866. The van der Waals surface area contributed by atoms with Gasteiger partial charge in [-0.3, -0.25) is 4.79 Å². The van der Waals surface area contributed by atoms with Gasteiger partial charge in [-0.1, -0.05) is 0 Å². The van der Waals surface area contributed by atoms with Gasteiger partial charge in [-0.25, -0.2) is 9.78 Å². The van der Waals surface area contributed by atoms with Crippen molar-refractivity contribution in [2.75, 3.05) is 20.1 Å². The first-order valence-electron chi connectivity index (χ1n) is 7.19. The van der Waals surface area contributed by atoms with Crippen LogP contribution in [0.3, 0.4) is 0 Å². The highest BCUT2D eigenvalue weighted by Gasteiger charge is 2.30. The molecule has 0 bridgehead atoms. The van der Waals surface area contributed by atoms with Crippen LogP contribution in [-0.2, 0) is 0 Å². The molecule has 1 fully saturated rings. The number of amides is 1. The predicted octanol–water partition coefficient (Wildman–Crippen LogP) is 1.05. The van der Waals surface area contributed by atoms with Gasteiger partial charge in [0.05, 0.1) is 6.33 Å². The normalized spacial score (nSPS) is 17.1. The van der Waals surface area contributed by atoms with Gasteiger partial charge in [0.15, 0.2) is 11.4 Å². The molecule has 0 radical (unpaired) electrons. The second-order valence-corrected chi connectivity index (χ2v) is 5.71. The third kappa shape index (κ3) is 3.24. The lowest BCUT2D eigenvalue weighted by Crippen LogP contribution is -2.47. The topological polar surface area (TPSA) is 89.5 Å². The average molecular weight is 294 g/mol. The van der Waals surface area contributed by atoms with E-state index in [1.54, 1.807) is 11.9 Å². The van der Waals surface area contributed by atoms with Crippen molar-refractivity contribution in [2.24, 2.45) is 0 Å². The Labute approximate surface area is 124 Å². The number of H-pyrrole nitrogens is 1. The number of aromatic nitrogens is 2. The maximum atomic E-state index is 12.4. The zero-order chi connectivity index (χ0) is 15.6. The Hall–Kier alpha value is -1.89. The number of aromatic amines is 1.